The highest BCUT2D eigenvalue weighted by Crippen LogP contribution is 2.32. The normalized spacial score (nSPS) is 10.2. The fourth-order valence-electron chi connectivity index (χ4n) is 1.76. The van der Waals surface area contributed by atoms with Crippen molar-refractivity contribution in [2.75, 3.05) is 18.5 Å². The number of hydrogen-bond acceptors (Lipinski definition) is 6. The van der Waals surface area contributed by atoms with Crippen LogP contribution in [0.25, 0.3) is 11.3 Å². The summed E-state index contributed by atoms with van der Waals surface area (Å²) < 4.78 is 5.28. The van der Waals surface area contributed by atoms with Gasteiger partial charge < -0.3 is 14.8 Å². The number of nitrogens with one attached hydrogen (secondary N) is 1. The van der Waals surface area contributed by atoms with E-state index in [9.17, 15) is 14.9 Å². The maximum absolute atomic E-state index is 10.8. The summed E-state index contributed by atoms with van der Waals surface area (Å²) in [4.78, 5) is 21.0. The predicted octanol–water partition coefficient (Wildman–Crippen LogP) is 2.07. The van der Waals surface area contributed by atoms with E-state index in [1.807, 2.05) is 0 Å². The lowest BCUT2D eigenvalue weighted by atomic mass is 10.1. The fourth-order valence-corrected chi connectivity index (χ4v) is 1.76. The molecule has 0 aliphatic heterocycles. The van der Waals surface area contributed by atoms with Crippen LogP contribution in [0.2, 0.25) is 0 Å². The Labute approximate surface area is 114 Å². The van der Waals surface area contributed by atoms with E-state index in [4.69, 9.17) is 9.52 Å². The number of furan rings is 1. The van der Waals surface area contributed by atoms with Crippen LogP contribution in [0.15, 0.2) is 34.7 Å². The average molecular weight is 276 g/mol. The molecule has 0 aliphatic rings. The van der Waals surface area contributed by atoms with Gasteiger partial charge in [0.2, 0.25) is 0 Å². The number of rotatable bonds is 6. The molecular formula is C13H12N2O5. The minimum absolute atomic E-state index is 0.0752. The molecule has 7 nitrogen and oxygen atoms in total. The first-order chi connectivity index (χ1) is 9.65. The van der Waals surface area contributed by atoms with E-state index >= 15 is 0 Å². The summed E-state index contributed by atoms with van der Waals surface area (Å²) in [7, 11) is 0. The number of aliphatic hydroxyl groups is 1. The zero-order valence-electron chi connectivity index (χ0n) is 10.4. The van der Waals surface area contributed by atoms with Crippen molar-refractivity contribution in [3.05, 3.63) is 46.2 Å². The maximum Gasteiger partial charge on any atom is 0.270 e. The second-order valence-corrected chi connectivity index (χ2v) is 3.96. The molecule has 0 saturated heterocycles. The van der Waals surface area contributed by atoms with Crippen LogP contribution in [0.3, 0.4) is 0 Å². The number of nitro benzene ring substituents is 1. The van der Waals surface area contributed by atoms with Gasteiger partial charge in [-0.1, -0.05) is 0 Å². The molecule has 0 unspecified atom stereocenters. The average Bonchev–Trinajstić information content (AvgIpc) is 2.93. The van der Waals surface area contributed by atoms with E-state index in [0.29, 0.717) is 29.8 Å². The molecule has 20 heavy (non-hydrogen) atoms. The second-order valence-electron chi connectivity index (χ2n) is 3.96. The number of non-ortho nitro benzene ring substituents is 1. The van der Waals surface area contributed by atoms with E-state index < -0.39 is 4.92 Å². The molecular weight excluding hydrogens is 264 g/mol. The zero-order valence-corrected chi connectivity index (χ0v) is 10.4. The quantitative estimate of drug-likeness (QED) is 0.475. The Morgan fingerprint density at radius 1 is 1.35 bits per heavy atom. The van der Waals surface area contributed by atoms with Gasteiger partial charge in [-0.3, -0.25) is 14.9 Å². The summed E-state index contributed by atoms with van der Waals surface area (Å²) in [6, 6.07) is 7.29. The molecule has 0 saturated carbocycles. The van der Waals surface area contributed by atoms with Crippen LogP contribution in [0.1, 0.15) is 10.6 Å². The van der Waals surface area contributed by atoms with Crippen LogP contribution in [-0.4, -0.2) is 29.5 Å². The van der Waals surface area contributed by atoms with Crippen molar-refractivity contribution in [2.45, 2.75) is 0 Å². The number of benzene rings is 1. The lowest BCUT2D eigenvalue weighted by Gasteiger charge is -2.09. The number of nitro groups is 1. The van der Waals surface area contributed by atoms with Gasteiger partial charge in [-0.15, -0.1) is 0 Å². The van der Waals surface area contributed by atoms with Gasteiger partial charge in [0.1, 0.15) is 5.76 Å². The fraction of sp³-hybridized carbons (Fsp3) is 0.154. The van der Waals surface area contributed by atoms with Gasteiger partial charge in [-0.25, -0.2) is 0 Å². The summed E-state index contributed by atoms with van der Waals surface area (Å²) in [5.41, 5.74) is 0.954. The first-order valence-corrected chi connectivity index (χ1v) is 5.84. The highest BCUT2D eigenvalue weighted by Gasteiger charge is 2.15. The van der Waals surface area contributed by atoms with Gasteiger partial charge in [0.25, 0.3) is 5.69 Å². The molecule has 1 heterocycles. The van der Waals surface area contributed by atoms with Crippen molar-refractivity contribution in [1.29, 1.82) is 0 Å². The minimum Gasteiger partial charge on any atom is -0.453 e. The highest BCUT2D eigenvalue weighted by molar-refractivity contribution is 5.79. The zero-order chi connectivity index (χ0) is 14.5. The van der Waals surface area contributed by atoms with Gasteiger partial charge in [-0.05, 0) is 18.2 Å². The summed E-state index contributed by atoms with van der Waals surface area (Å²) in [5, 5.41) is 22.6. The molecule has 0 amide bonds. The van der Waals surface area contributed by atoms with Crippen LogP contribution in [0, 0.1) is 10.1 Å². The molecule has 0 fully saturated rings. The van der Waals surface area contributed by atoms with Crippen molar-refractivity contribution in [3.63, 3.8) is 0 Å². The lowest BCUT2D eigenvalue weighted by Crippen LogP contribution is -2.06. The Kier molecular flexibility index (Phi) is 4.11. The van der Waals surface area contributed by atoms with Crippen molar-refractivity contribution in [3.8, 4) is 11.3 Å². The molecule has 2 aromatic rings. The molecule has 0 aliphatic carbocycles. The topological polar surface area (TPSA) is 106 Å². The van der Waals surface area contributed by atoms with Crippen molar-refractivity contribution >= 4 is 17.7 Å². The molecule has 0 atom stereocenters. The number of hydrogen-bond donors (Lipinski definition) is 2. The monoisotopic (exact) mass is 276 g/mol. The summed E-state index contributed by atoms with van der Waals surface area (Å²) >= 11 is 0. The van der Waals surface area contributed by atoms with Crippen LogP contribution in [0.5, 0.6) is 0 Å². The third-order valence-electron chi connectivity index (χ3n) is 2.65. The standard InChI is InChI=1S/C13H12N2O5/c16-6-5-14-12-3-1-9(15(18)19)7-11(12)13-4-2-10(8-17)20-13/h1-4,7-8,14,16H,5-6H2. The Morgan fingerprint density at radius 2 is 2.15 bits per heavy atom. The molecule has 7 heteroatoms. The summed E-state index contributed by atoms with van der Waals surface area (Å²) in [6.07, 6.45) is 0.557. The molecule has 2 N–H and O–H groups in total. The van der Waals surface area contributed by atoms with Gasteiger partial charge in [0, 0.05) is 29.9 Å². The molecule has 0 spiro atoms. The third-order valence-corrected chi connectivity index (χ3v) is 2.65. The van der Waals surface area contributed by atoms with E-state index in [1.165, 1.54) is 24.3 Å². The van der Waals surface area contributed by atoms with Crippen molar-refractivity contribution < 1.29 is 19.2 Å². The lowest BCUT2D eigenvalue weighted by molar-refractivity contribution is -0.384. The van der Waals surface area contributed by atoms with Gasteiger partial charge in [0.15, 0.2) is 12.0 Å². The molecule has 1 aromatic heterocycles. The summed E-state index contributed by atoms with van der Waals surface area (Å²) in [5.74, 6) is 0.482. The first kappa shape index (κ1) is 13.8. The van der Waals surface area contributed by atoms with Crippen molar-refractivity contribution in [2.24, 2.45) is 0 Å². The summed E-state index contributed by atoms with van der Waals surface area (Å²) in [6.45, 7) is 0.222. The largest absolute Gasteiger partial charge is 0.453 e. The number of carbonyl (C=O) groups excluding carboxylic acids is 1. The van der Waals surface area contributed by atoms with E-state index in [0.717, 1.165) is 0 Å². The Morgan fingerprint density at radius 3 is 2.75 bits per heavy atom. The predicted molar refractivity (Wildman–Crippen MR) is 71.8 cm³/mol. The number of aliphatic hydroxyl groups excluding tert-OH is 1. The molecule has 2 rings (SSSR count). The van der Waals surface area contributed by atoms with Crippen LogP contribution < -0.4 is 5.32 Å². The van der Waals surface area contributed by atoms with Crippen LogP contribution in [0.4, 0.5) is 11.4 Å². The van der Waals surface area contributed by atoms with E-state index in [1.54, 1.807) is 6.07 Å². The van der Waals surface area contributed by atoms with Gasteiger partial charge in [0.05, 0.1) is 11.5 Å². The number of carbonyl (C=O) groups is 1. The number of anilines is 1. The van der Waals surface area contributed by atoms with Gasteiger partial charge >= 0.3 is 0 Å². The molecule has 104 valence electrons. The van der Waals surface area contributed by atoms with E-state index in [-0.39, 0.29) is 18.1 Å². The molecule has 1 aromatic carbocycles. The van der Waals surface area contributed by atoms with E-state index in [2.05, 4.69) is 5.32 Å². The Balaban J connectivity index is 2.47. The molecule has 0 radical (unpaired) electrons. The second kappa shape index (κ2) is 5.98. The minimum atomic E-state index is -0.511. The smallest absolute Gasteiger partial charge is 0.270 e. The van der Waals surface area contributed by atoms with Crippen molar-refractivity contribution in [1.82, 2.24) is 0 Å². The highest BCUT2D eigenvalue weighted by atomic mass is 16.6. The first-order valence-electron chi connectivity index (χ1n) is 5.84. The maximum atomic E-state index is 10.8. The number of aldehydes is 1. The van der Waals surface area contributed by atoms with Crippen LogP contribution in [-0.2, 0) is 0 Å². The Bertz CT molecular complexity index is 635. The SMILES string of the molecule is O=Cc1ccc(-c2cc([N+](=O)[O-])ccc2NCCO)o1. The number of nitrogens with zero attached hydrogens (tertiary/aromatic N) is 1. The van der Waals surface area contributed by atoms with Gasteiger partial charge in [-0.2, -0.15) is 0 Å². The Hall–Kier alpha value is -2.67. The molecule has 0 bridgehead atoms. The third kappa shape index (κ3) is 2.83. The van der Waals surface area contributed by atoms with Crippen LogP contribution >= 0.6 is 0 Å².